The standard InChI is InChI=1S/C26H43N3O4.C25H41N3O4.C17H28N2O3.C8H16N2O2.ClH/c1-26(2)18-14-29(25(33)21(28-3)16-10-5-4-6-11-16)22(20(18)26)19(30)13-17(23(31)24(27)32)12-15-8-7-9-15;1-25(2)17-13-28(24(32)20(26)15-9-4-3-5-10-15)21(19(17)25)18(29)12-16(22(30)23(27)31)11-14-7-6-8-14;1-17(2)11-9-19(14(12(11)17)16(21)22)15(20)13(18-3)10-7-5-4-6-8-10;9-6(7(11)8(10)12)4-5-2-1-3-5;/h15-18,20-23,28,31H,4-14H2,1-3H3,(H2,27,32);14-17,19-22,30H,3-13,26H2,1-2H3,(H2,27,31);10-14,18H,4-9H2,1-3H3,(H,21,22);5-7,11H,1-4,9H2,(H2,10,12);1H/t17?,18-,20?,21-,22+,23?;16?,17-,19?,20-,21+,22?;11-,12?,13-,14-;;/m000../s1. The second kappa shape index (κ2) is 34.3. The van der Waals surface area contributed by atoms with E-state index in [0.717, 1.165) is 103 Å². The molecule has 0 radical (unpaired) electrons. The van der Waals surface area contributed by atoms with Gasteiger partial charge < -0.3 is 74.4 Å². The first-order valence-corrected chi connectivity index (χ1v) is 38.8. The molecule has 6 amide bonds. The second-order valence-electron chi connectivity index (χ2n) is 34.9. The van der Waals surface area contributed by atoms with Gasteiger partial charge in [-0.3, -0.25) is 38.4 Å². The zero-order valence-corrected chi connectivity index (χ0v) is 62.4. The van der Waals surface area contributed by atoms with Crippen LogP contribution in [-0.4, -0.2) is 182 Å². The molecule has 16 N–H and O–H groups in total. The summed E-state index contributed by atoms with van der Waals surface area (Å²) in [7, 11) is 3.68. The maximum absolute atomic E-state index is 13.7. The van der Waals surface area contributed by atoms with Crippen molar-refractivity contribution in [1.29, 1.82) is 0 Å². The lowest BCUT2D eigenvalue weighted by atomic mass is 9.75. The molecule has 12 rings (SSSR count). The first-order chi connectivity index (χ1) is 46.8. The highest BCUT2D eigenvalue weighted by atomic mass is 35.5. The number of aliphatic hydroxyl groups is 3. The van der Waals surface area contributed by atoms with Crippen molar-refractivity contribution < 1.29 is 63.6 Å². The van der Waals surface area contributed by atoms with E-state index in [-0.39, 0.29) is 107 Å². The van der Waals surface area contributed by atoms with Gasteiger partial charge in [-0.05, 0) is 153 Å². The van der Waals surface area contributed by atoms with Gasteiger partial charge in [-0.1, -0.05) is 157 Å². The third-order valence-corrected chi connectivity index (χ3v) is 27.9. The molecule has 0 spiro atoms. The van der Waals surface area contributed by atoms with Crippen molar-refractivity contribution in [3.05, 3.63) is 0 Å². The van der Waals surface area contributed by atoms with Gasteiger partial charge >= 0.3 is 5.97 Å². The smallest absolute Gasteiger partial charge is 0.326 e. The van der Waals surface area contributed by atoms with Crippen LogP contribution in [0.5, 0.6) is 0 Å². The number of fused-ring (bicyclic) bond motifs is 3. The highest BCUT2D eigenvalue weighted by molar-refractivity contribution is 5.95. The fourth-order valence-electron chi connectivity index (χ4n) is 20.5. The number of carboxylic acid groups (broad SMARTS) is 1. The summed E-state index contributed by atoms with van der Waals surface area (Å²) in [5, 5.41) is 46.1. The lowest BCUT2D eigenvalue weighted by Gasteiger charge is -2.37. The number of likely N-dealkylation sites (N-methyl/N-ethyl adjacent to an activating group) is 2. The average Bonchev–Trinajstić information content (AvgIpc) is 1.55. The average molecular weight is 1430 g/mol. The van der Waals surface area contributed by atoms with Crippen LogP contribution in [0.15, 0.2) is 0 Å². The molecule has 568 valence electrons. The fourth-order valence-corrected chi connectivity index (χ4v) is 20.5. The first-order valence-electron chi connectivity index (χ1n) is 38.8. The molecule has 12 fully saturated rings. The van der Waals surface area contributed by atoms with E-state index in [9.17, 15) is 58.5 Å². The van der Waals surface area contributed by atoms with Gasteiger partial charge in [-0.25, -0.2) is 4.79 Å². The Balaban J connectivity index is 0.000000178. The maximum atomic E-state index is 13.7. The van der Waals surface area contributed by atoms with Crippen molar-refractivity contribution in [2.45, 2.75) is 288 Å². The Hall–Kier alpha value is -4.36. The normalized spacial score (nSPS) is 31.4. The van der Waals surface area contributed by atoms with Gasteiger partial charge in [0.2, 0.25) is 35.4 Å². The first kappa shape index (κ1) is 81.3. The molecule has 0 aromatic carbocycles. The number of carbonyl (C=O) groups excluding carboxylic acids is 8. The number of Topliss-reactive ketones (excluding diaryl/α,β-unsaturated/α-hetero) is 2. The number of piperidine rings is 3. The molecule has 3 heterocycles. The lowest BCUT2D eigenvalue weighted by Crippen LogP contribution is -2.55. The van der Waals surface area contributed by atoms with Crippen LogP contribution in [0.1, 0.15) is 228 Å². The Bertz CT molecular complexity index is 2850. The van der Waals surface area contributed by atoms with Gasteiger partial charge in [-0.15, -0.1) is 12.4 Å². The number of likely N-dealkylation sites (tertiary alicyclic amines) is 3. The van der Waals surface area contributed by atoms with Crippen LogP contribution >= 0.6 is 12.4 Å². The molecule has 0 aromatic rings. The highest BCUT2D eigenvalue weighted by Gasteiger charge is 2.72. The summed E-state index contributed by atoms with van der Waals surface area (Å²) >= 11 is 0. The Morgan fingerprint density at radius 1 is 0.420 bits per heavy atom. The number of nitrogens with zero attached hydrogens (tertiary/aromatic N) is 3. The third-order valence-electron chi connectivity index (χ3n) is 27.9. The quantitative estimate of drug-likeness (QED) is 0.0467. The number of halogens is 1. The molecule has 9 saturated carbocycles. The molecule has 9 aliphatic carbocycles. The minimum absolute atomic E-state index is 0. The number of carbonyl (C=O) groups is 9. The van der Waals surface area contributed by atoms with Crippen LogP contribution in [0.3, 0.4) is 0 Å². The van der Waals surface area contributed by atoms with Gasteiger partial charge in [0.1, 0.15) is 24.4 Å². The third kappa shape index (κ3) is 17.9. The van der Waals surface area contributed by atoms with E-state index in [0.29, 0.717) is 86.2 Å². The van der Waals surface area contributed by atoms with E-state index in [1.54, 1.807) is 9.80 Å². The molecule has 23 nitrogen and oxygen atoms in total. The van der Waals surface area contributed by atoms with Crippen molar-refractivity contribution in [3.63, 3.8) is 0 Å². The number of nitrogens with one attached hydrogen (secondary N) is 2. The molecule has 100 heavy (non-hydrogen) atoms. The van der Waals surface area contributed by atoms with E-state index in [1.165, 1.54) is 51.4 Å². The molecule has 24 heteroatoms. The molecule has 3 aliphatic heterocycles. The van der Waals surface area contributed by atoms with Gasteiger partial charge in [0.15, 0.2) is 11.6 Å². The summed E-state index contributed by atoms with van der Waals surface area (Å²) < 4.78 is 0. The van der Waals surface area contributed by atoms with E-state index in [4.69, 9.17) is 33.8 Å². The van der Waals surface area contributed by atoms with Crippen LogP contribution in [0, 0.1) is 99.1 Å². The number of ketones is 2. The van der Waals surface area contributed by atoms with Crippen LogP contribution in [0.2, 0.25) is 0 Å². The molecular weight excluding hydrogens is 1300 g/mol. The highest BCUT2D eigenvalue weighted by Crippen LogP contribution is 2.67. The van der Waals surface area contributed by atoms with Gasteiger partial charge in [0.25, 0.3) is 0 Å². The Morgan fingerprint density at radius 2 is 0.720 bits per heavy atom. The number of nitrogens with two attached hydrogens (primary N) is 5. The Labute approximate surface area is 601 Å². The summed E-state index contributed by atoms with van der Waals surface area (Å²) in [5.74, 6) is -0.370. The lowest BCUT2D eigenvalue weighted by molar-refractivity contribution is -0.151. The fraction of sp³-hybridized carbons (Fsp3) is 0.882. The topological polar surface area (TPSA) is 398 Å². The zero-order chi connectivity index (χ0) is 72.3. The van der Waals surface area contributed by atoms with Crippen molar-refractivity contribution >= 4 is 65.4 Å². The van der Waals surface area contributed by atoms with Crippen LogP contribution in [-0.2, 0) is 43.2 Å². The summed E-state index contributed by atoms with van der Waals surface area (Å²) in [6.07, 6.45) is 25.3. The molecule has 0 aromatic heterocycles. The number of aliphatic hydroxyl groups excluding tert-OH is 3. The monoisotopic (exact) mass is 1420 g/mol. The Kier molecular flexibility index (Phi) is 27.9. The van der Waals surface area contributed by atoms with Crippen molar-refractivity contribution in [2.75, 3.05) is 33.7 Å². The largest absolute Gasteiger partial charge is 0.480 e. The number of primary amides is 3. The Morgan fingerprint density at radius 3 is 1.02 bits per heavy atom. The zero-order valence-electron chi connectivity index (χ0n) is 61.6. The minimum Gasteiger partial charge on any atom is -0.480 e. The number of carboxylic acids is 1. The van der Waals surface area contributed by atoms with Crippen LogP contribution in [0.4, 0.5) is 0 Å². The number of hydrogen-bond acceptors (Lipinski definition) is 16. The number of aliphatic carboxylic acids is 1. The van der Waals surface area contributed by atoms with E-state index >= 15 is 0 Å². The van der Waals surface area contributed by atoms with E-state index in [1.807, 2.05) is 19.0 Å². The van der Waals surface area contributed by atoms with Gasteiger partial charge in [0.05, 0.1) is 30.2 Å². The molecule has 0 bridgehead atoms. The molecule has 3 saturated heterocycles. The van der Waals surface area contributed by atoms with E-state index < -0.39 is 84.0 Å². The summed E-state index contributed by atoms with van der Waals surface area (Å²) in [6.45, 7) is 14.8. The van der Waals surface area contributed by atoms with E-state index in [2.05, 4.69) is 52.2 Å². The van der Waals surface area contributed by atoms with Crippen molar-refractivity contribution in [2.24, 2.45) is 128 Å². The molecule has 18 atom stereocenters. The number of rotatable bonds is 27. The molecular formula is C76H129ClN10O13. The van der Waals surface area contributed by atoms with Crippen molar-refractivity contribution in [3.8, 4) is 0 Å². The number of amides is 6. The van der Waals surface area contributed by atoms with Gasteiger partial charge in [0, 0.05) is 56.3 Å². The second-order valence-corrected chi connectivity index (χ2v) is 34.9. The van der Waals surface area contributed by atoms with Gasteiger partial charge in [-0.2, -0.15) is 0 Å². The SMILES string of the molecule is CC1(C)C2[C@@H](C(=O)CC(CC3CCC3)C(O)C(N)=O)N(C(=O)[C@@H](N)C3CCCCC3)C[C@@H]21.CN[C@H](C(=O)N1C[C@H]2C([C@H]1C(=O)CC(CC1CCC1)C(O)C(N)=O)C2(C)C)C1CCCCC1.CN[C@H](C(=O)N1C[C@H]2C([C@H]1C(=O)O)C2(C)C)C1CCCCC1.Cl.NC(=O)C(O)C(N)CC1CCC1. The number of hydrogen-bond donors (Lipinski definition) is 11. The predicted molar refractivity (Wildman–Crippen MR) is 383 cm³/mol. The summed E-state index contributed by atoms with van der Waals surface area (Å²) in [5.41, 5.74) is 27.9. The summed E-state index contributed by atoms with van der Waals surface area (Å²) in [4.78, 5) is 118. The summed E-state index contributed by atoms with van der Waals surface area (Å²) in [6, 6.07) is -3.08. The molecule has 9 unspecified atom stereocenters. The van der Waals surface area contributed by atoms with Crippen molar-refractivity contribution in [1.82, 2.24) is 25.3 Å². The maximum Gasteiger partial charge on any atom is 0.326 e. The van der Waals surface area contributed by atoms with Crippen LogP contribution in [0.25, 0.3) is 0 Å². The predicted octanol–water partition coefficient (Wildman–Crippen LogP) is 5.73. The minimum atomic E-state index is -1.32. The molecule has 12 aliphatic rings. The van der Waals surface area contributed by atoms with Crippen LogP contribution < -0.4 is 39.3 Å².